The van der Waals surface area contributed by atoms with E-state index in [4.69, 9.17) is 9.47 Å². The second kappa shape index (κ2) is 12.8. The lowest BCUT2D eigenvalue weighted by Gasteiger charge is -2.29. The minimum absolute atomic E-state index is 0.234. The van der Waals surface area contributed by atoms with Gasteiger partial charge in [-0.15, -0.1) is 11.8 Å². The number of aromatic nitrogens is 1. The maximum atomic E-state index is 14.7. The SMILES string of the molecule is COc1ccc(CN(C)C(=O)N(c2ccc(SCc3ccccc3)cn2)c2cc(F)c(Br)cc2OC)cc1. The van der Waals surface area contributed by atoms with Gasteiger partial charge in [0.25, 0.3) is 0 Å². The Kier molecular flexibility index (Phi) is 9.25. The van der Waals surface area contributed by atoms with Gasteiger partial charge < -0.3 is 14.4 Å². The third kappa shape index (κ3) is 6.65. The van der Waals surface area contributed by atoms with Crippen LogP contribution >= 0.6 is 27.7 Å². The molecule has 0 spiro atoms. The number of rotatable bonds is 9. The first-order valence-corrected chi connectivity index (χ1v) is 13.5. The molecule has 1 heterocycles. The molecule has 0 unspecified atom stereocenters. The Hall–Kier alpha value is -3.56. The van der Waals surface area contributed by atoms with Gasteiger partial charge in [-0.1, -0.05) is 42.5 Å². The van der Waals surface area contributed by atoms with Crippen molar-refractivity contribution in [2.75, 3.05) is 26.2 Å². The van der Waals surface area contributed by atoms with Crippen molar-refractivity contribution in [1.82, 2.24) is 9.88 Å². The molecule has 3 aromatic carbocycles. The Labute approximate surface area is 234 Å². The number of amides is 2. The molecular formula is C29H27BrFN3O3S. The highest BCUT2D eigenvalue weighted by molar-refractivity contribution is 9.10. The van der Waals surface area contributed by atoms with Crippen molar-refractivity contribution < 1.29 is 18.7 Å². The number of hydrogen-bond acceptors (Lipinski definition) is 5. The number of benzene rings is 3. The molecule has 1 aromatic heterocycles. The highest BCUT2D eigenvalue weighted by atomic mass is 79.9. The van der Waals surface area contributed by atoms with Crippen molar-refractivity contribution in [2.24, 2.45) is 0 Å². The number of anilines is 2. The van der Waals surface area contributed by atoms with Gasteiger partial charge in [0, 0.05) is 36.5 Å². The fourth-order valence-corrected chi connectivity index (χ4v) is 4.89. The Morgan fingerprint density at radius 3 is 2.34 bits per heavy atom. The van der Waals surface area contributed by atoms with Gasteiger partial charge in [0.15, 0.2) is 0 Å². The highest BCUT2D eigenvalue weighted by Crippen LogP contribution is 2.38. The first-order chi connectivity index (χ1) is 18.4. The largest absolute Gasteiger partial charge is 0.497 e. The second-order valence-corrected chi connectivity index (χ2v) is 10.3. The molecule has 4 rings (SSSR count). The number of carbonyl (C=O) groups excluding carboxylic acids is 1. The standard InChI is InChI=1S/C29H27BrFN3O3S/c1-33(18-20-9-11-22(36-2)12-10-20)29(35)34(26-16-25(31)24(30)15-27(26)37-3)28-14-13-23(17-32-28)38-19-21-7-5-4-6-8-21/h4-17H,18-19H2,1-3H3. The minimum atomic E-state index is -0.522. The van der Waals surface area contributed by atoms with Crippen LogP contribution in [-0.2, 0) is 12.3 Å². The van der Waals surface area contributed by atoms with Gasteiger partial charge in [-0.2, -0.15) is 0 Å². The van der Waals surface area contributed by atoms with Crippen LogP contribution in [0.1, 0.15) is 11.1 Å². The zero-order valence-electron chi connectivity index (χ0n) is 21.2. The maximum Gasteiger partial charge on any atom is 0.330 e. The van der Waals surface area contributed by atoms with Crippen LogP contribution in [0.15, 0.2) is 94.4 Å². The highest BCUT2D eigenvalue weighted by Gasteiger charge is 2.27. The Balaban J connectivity index is 1.63. The van der Waals surface area contributed by atoms with Crippen LogP contribution < -0.4 is 14.4 Å². The Morgan fingerprint density at radius 1 is 0.974 bits per heavy atom. The average Bonchev–Trinajstić information content (AvgIpc) is 2.95. The number of urea groups is 1. The maximum absolute atomic E-state index is 14.7. The molecule has 0 atom stereocenters. The minimum Gasteiger partial charge on any atom is -0.497 e. The number of halogens is 2. The van der Waals surface area contributed by atoms with Crippen molar-refractivity contribution in [1.29, 1.82) is 0 Å². The van der Waals surface area contributed by atoms with Gasteiger partial charge in [0.2, 0.25) is 0 Å². The first-order valence-electron chi connectivity index (χ1n) is 11.7. The van der Waals surface area contributed by atoms with Gasteiger partial charge in [-0.25, -0.2) is 19.1 Å². The van der Waals surface area contributed by atoms with Crippen LogP contribution in [0.5, 0.6) is 11.5 Å². The number of hydrogen-bond donors (Lipinski definition) is 0. The lowest BCUT2D eigenvalue weighted by molar-refractivity contribution is 0.216. The van der Waals surface area contributed by atoms with E-state index in [1.807, 2.05) is 48.5 Å². The van der Waals surface area contributed by atoms with E-state index >= 15 is 0 Å². The molecule has 6 nitrogen and oxygen atoms in total. The molecule has 4 aromatic rings. The molecule has 2 amide bonds. The molecule has 0 saturated heterocycles. The summed E-state index contributed by atoms with van der Waals surface area (Å²) < 4.78 is 25.7. The lowest BCUT2D eigenvalue weighted by atomic mass is 10.2. The van der Waals surface area contributed by atoms with Crippen molar-refractivity contribution in [3.05, 3.63) is 106 Å². The van der Waals surface area contributed by atoms with E-state index in [0.717, 1.165) is 22.0 Å². The summed E-state index contributed by atoms with van der Waals surface area (Å²) in [4.78, 5) is 22.3. The molecule has 0 saturated carbocycles. The fraction of sp³-hybridized carbons (Fsp3) is 0.172. The molecule has 9 heteroatoms. The van der Waals surface area contributed by atoms with Crippen LogP contribution in [0, 0.1) is 5.82 Å². The summed E-state index contributed by atoms with van der Waals surface area (Å²) in [5.74, 6) is 1.68. The summed E-state index contributed by atoms with van der Waals surface area (Å²) in [6, 6.07) is 23.6. The molecule has 0 aliphatic carbocycles. The summed E-state index contributed by atoms with van der Waals surface area (Å²) in [5, 5.41) is 0. The predicted molar refractivity (Wildman–Crippen MR) is 153 cm³/mol. The molecule has 196 valence electrons. The van der Waals surface area contributed by atoms with Crippen molar-refractivity contribution in [3.8, 4) is 11.5 Å². The molecule has 0 bridgehead atoms. The summed E-state index contributed by atoms with van der Waals surface area (Å²) in [6.07, 6.45) is 1.72. The average molecular weight is 597 g/mol. The number of thioether (sulfide) groups is 1. The molecule has 0 radical (unpaired) electrons. The molecule has 0 N–H and O–H groups in total. The summed E-state index contributed by atoms with van der Waals surface area (Å²) in [7, 11) is 4.76. The molecule has 38 heavy (non-hydrogen) atoms. The van der Waals surface area contributed by atoms with Crippen LogP contribution in [0.4, 0.5) is 20.7 Å². The van der Waals surface area contributed by atoms with E-state index < -0.39 is 11.8 Å². The number of methoxy groups -OCH3 is 2. The second-order valence-electron chi connectivity index (χ2n) is 8.39. The lowest BCUT2D eigenvalue weighted by Crippen LogP contribution is -2.38. The van der Waals surface area contributed by atoms with Crippen molar-refractivity contribution in [3.63, 3.8) is 0 Å². The fourth-order valence-electron chi connectivity index (χ4n) is 3.75. The molecule has 0 aliphatic heterocycles. The van der Waals surface area contributed by atoms with Gasteiger partial charge in [0.05, 0.1) is 24.4 Å². The van der Waals surface area contributed by atoms with E-state index in [9.17, 15) is 9.18 Å². The van der Waals surface area contributed by atoms with Gasteiger partial charge >= 0.3 is 6.03 Å². The zero-order chi connectivity index (χ0) is 27.1. The molecule has 0 fully saturated rings. The monoisotopic (exact) mass is 595 g/mol. The third-order valence-electron chi connectivity index (χ3n) is 5.76. The molecular weight excluding hydrogens is 569 g/mol. The van der Waals surface area contributed by atoms with E-state index in [1.165, 1.54) is 29.7 Å². The normalized spacial score (nSPS) is 10.7. The van der Waals surface area contributed by atoms with Gasteiger partial charge in [-0.05, 0) is 57.4 Å². The predicted octanol–water partition coefficient (Wildman–Crippen LogP) is 7.68. The zero-order valence-corrected chi connectivity index (χ0v) is 23.6. The first kappa shape index (κ1) is 27.5. The van der Waals surface area contributed by atoms with Crippen LogP contribution in [0.25, 0.3) is 0 Å². The van der Waals surface area contributed by atoms with E-state index in [1.54, 1.807) is 43.1 Å². The summed E-state index contributed by atoms with van der Waals surface area (Å²) >= 11 is 4.84. The molecule has 0 aliphatic rings. The Bertz CT molecular complexity index is 1370. The number of nitrogens with zero attached hydrogens (tertiary/aromatic N) is 3. The quantitative estimate of drug-likeness (QED) is 0.186. The summed E-state index contributed by atoms with van der Waals surface area (Å²) in [5.41, 5.74) is 2.36. The summed E-state index contributed by atoms with van der Waals surface area (Å²) in [6.45, 7) is 0.325. The number of pyridine rings is 1. The van der Waals surface area contributed by atoms with Crippen molar-refractivity contribution >= 4 is 45.2 Å². The van der Waals surface area contributed by atoms with Gasteiger partial charge in [0.1, 0.15) is 23.1 Å². The van der Waals surface area contributed by atoms with Crippen LogP contribution in [0.3, 0.4) is 0 Å². The van der Waals surface area contributed by atoms with Crippen LogP contribution in [-0.4, -0.2) is 37.2 Å². The van der Waals surface area contributed by atoms with Crippen LogP contribution in [0.2, 0.25) is 0 Å². The van der Waals surface area contributed by atoms with E-state index in [0.29, 0.717) is 18.1 Å². The Morgan fingerprint density at radius 2 is 1.71 bits per heavy atom. The third-order valence-corrected chi connectivity index (χ3v) is 7.42. The van der Waals surface area contributed by atoms with E-state index in [2.05, 4.69) is 33.0 Å². The van der Waals surface area contributed by atoms with E-state index in [-0.39, 0.29) is 10.2 Å². The smallest absolute Gasteiger partial charge is 0.330 e. The van der Waals surface area contributed by atoms with Crippen molar-refractivity contribution in [2.45, 2.75) is 17.2 Å². The number of ether oxygens (including phenoxy) is 2. The number of carbonyl (C=O) groups is 1. The topological polar surface area (TPSA) is 54.9 Å². The van der Waals surface area contributed by atoms with Gasteiger partial charge in [-0.3, -0.25) is 0 Å².